The van der Waals surface area contributed by atoms with Crippen LogP contribution in [0.1, 0.15) is 22.3 Å². The Morgan fingerprint density at radius 2 is 0.875 bits per heavy atom. The average Bonchev–Trinajstić information content (AvgIpc) is 4.02. The summed E-state index contributed by atoms with van der Waals surface area (Å²) < 4.78 is 13.6. The van der Waals surface area contributed by atoms with E-state index in [1.165, 1.54) is 44.5 Å². The van der Waals surface area contributed by atoms with Gasteiger partial charge in [0.15, 0.2) is 0 Å². The van der Waals surface area contributed by atoms with E-state index in [0.29, 0.717) is 0 Å². The fourth-order valence-electron chi connectivity index (χ4n) is 10.6. The van der Waals surface area contributed by atoms with Crippen LogP contribution in [0.4, 0.5) is 17.1 Å². The molecule has 0 amide bonds. The smallest absolute Gasteiger partial charge is 0.144 e. The summed E-state index contributed by atoms with van der Waals surface area (Å²) in [5, 5.41) is 4.17. The first-order valence-corrected chi connectivity index (χ1v) is 21.9. The Bertz CT molecular complexity index is 3660. The minimum Gasteiger partial charge on any atom is -0.456 e. The molecule has 300 valence electrons. The first-order chi connectivity index (χ1) is 31.7. The van der Waals surface area contributed by atoms with E-state index in [4.69, 9.17) is 8.83 Å². The molecule has 3 nitrogen and oxygen atoms in total. The molecule has 0 saturated heterocycles. The minimum absolute atomic E-state index is 0.538. The summed E-state index contributed by atoms with van der Waals surface area (Å²) in [6.07, 6.45) is 0. The number of benzene rings is 10. The van der Waals surface area contributed by atoms with Crippen molar-refractivity contribution in [2.75, 3.05) is 4.90 Å². The Morgan fingerprint density at radius 3 is 1.61 bits per heavy atom. The summed E-state index contributed by atoms with van der Waals surface area (Å²) in [6.45, 7) is 0. The van der Waals surface area contributed by atoms with Crippen LogP contribution in [-0.2, 0) is 5.41 Å². The third kappa shape index (κ3) is 5.41. The van der Waals surface area contributed by atoms with Crippen molar-refractivity contribution < 1.29 is 8.83 Å². The molecule has 12 aromatic rings. The van der Waals surface area contributed by atoms with Gasteiger partial charge in [0.25, 0.3) is 0 Å². The number of rotatable bonds is 7. The van der Waals surface area contributed by atoms with Gasteiger partial charge in [-0.2, -0.15) is 0 Å². The normalized spacial score (nSPS) is 12.8. The van der Waals surface area contributed by atoms with Gasteiger partial charge in [-0.1, -0.05) is 182 Å². The number of fused-ring (bicyclic) bond motifs is 9. The van der Waals surface area contributed by atoms with Crippen LogP contribution < -0.4 is 4.90 Å². The molecule has 0 aliphatic heterocycles. The van der Waals surface area contributed by atoms with Gasteiger partial charge in [-0.05, 0) is 105 Å². The van der Waals surface area contributed by atoms with Crippen molar-refractivity contribution >= 4 is 60.9 Å². The van der Waals surface area contributed by atoms with Crippen molar-refractivity contribution in [3.8, 4) is 33.4 Å². The Kier molecular flexibility index (Phi) is 8.13. The summed E-state index contributed by atoms with van der Waals surface area (Å²) >= 11 is 0. The molecule has 10 aromatic carbocycles. The SMILES string of the molecule is c1ccc(-c2ccc(N(c3ccc4c(c3)C(c3ccccc3)(c3ccccc3)c3ccccc3-4)c3ccc4oc5c(-c6ccccc6)c6c(cc5c4c3)oc3ccccc36)cc2)cc1. The van der Waals surface area contributed by atoms with Crippen LogP contribution in [0.2, 0.25) is 0 Å². The molecule has 1 aliphatic carbocycles. The highest BCUT2D eigenvalue weighted by molar-refractivity contribution is 6.23. The van der Waals surface area contributed by atoms with Crippen LogP contribution in [-0.4, -0.2) is 0 Å². The minimum atomic E-state index is -0.538. The lowest BCUT2D eigenvalue weighted by Gasteiger charge is -2.35. The molecule has 0 N–H and O–H groups in total. The van der Waals surface area contributed by atoms with Gasteiger partial charge in [-0.25, -0.2) is 0 Å². The van der Waals surface area contributed by atoms with Crippen molar-refractivity contribution in [2.45, 2.75) is 5.41 Å². The summed E-state index contributed by atoms with van der Waals surface area (Å²) in [7, 11) is 0. The maximum absolute atomic E-state index is 6.94. The van der Waals surface area contributed by atoms with Crippen molar-refractivity contribution in [1.82, 2.24) is 0 Å². The molecule has 13 rings (SSSR count). The second-order valence-corrected chi connectivity index (χ2v) is 16.8. The van der Waals surface area contributed by atoms with Gasteiger partial charge >= 0.3 is 0 Å². The lowest BCUT2D eigenvalue weighted by atomic mass is 9.67. The molecule has 2 aromatic heterocycles. The van der Waals surface area contributed by atoms with E-state index in [-0.39, 0.29) is 0 Å². The van der Waals surface area contributed by atoms with Gasteiger partial charge in [0, 0.05) is 44.2 Å². The Labute approximate surface area is 370 Å². The number of anilines is 3. The third-order valence-electron chi connectivity index (χ3n) is 13.3. The standard InChI is InChI=1S/C61H39NO2/c1-5-17-40(18-6-1)41-29-31-45(32-30-41)62(47-33-35-49-48-25-13-15-27-53(48)61(54(49)38-47,43-21-9-3-10-22-43)44-23-11-4-12-24-44)46-34-36-56-51(37-46)52-39-57-59(50-26-14-16-28-55(50)63-57)58(60(52)64-56)42-19-7-2-8-20-42/h1-39H. The third-order valence-corrected chi connectivity index (χ3v) is 13.3. The van der Waals surface area contributed by atoms with Crippen LogP contribution in [0, 0.1) is 0 Å². The summed E-state index contributed by atoms with van der Waals surface area (Å²) in [6, 6.07) is 85.2. The van der Waals surface area contributed by atoms with Crippen LogP contribution >= 0.6 is 0 Å². The largest absolute Gasteiger partial charge is 0.456 e. The van der Waals surface area contributed by atoms with E-state index in [1.54, 1.807) is 0 Å². The van der Waals surface area contributed by atoms with Gasteiger partial charge in [0.2, 0.25) is 0 Å². The van der Waals surface area contributed by atoms with Crippen molar-refractivity contribution in [2.24, 2.45) is 0 Å². The van der Waals surface area contributed by atoms with Crippen molar-refractivity contribution in [1.29, 1.82) is 0 Å². The molecular weight excluding hydrogens is 779 g/mol. The maximum atomic E-state index is 6.94. The summed E-state index contributed by atoms with van der Waals surface area (Å²) in [4.78, 5) is 2.40. The molecule has 0 saturated carbocycles. The molecule has 0 fully saturated rings. The number of hydrogen-bond acceptors (Lipinski definition) is 3. The van der Waals surface area contributed by atoms with Crippen LogP contribution in [0.3, 0.4) is 0 Å². The predicted molar refractivity (Wildman–Crippen MR) is 264 cm³/mol. The zero-order chi connectivity index (χ0) is 42.2. The second-order valence-electron chi connectivity index (χ2n) is 16.8. The highest BCUT2D eigenvalue weighted by Gasteiger charge is 2.46. The monoisotopic (exact) mass is 817 g/mol. The fraction of sp³-hybridized carbons (Fsp3) is 0.0164. The van der Waals surface area contributed by atoms with Gasteiger partial charge in [-0.15, -0.1) is 0 Å². The maximum Gasteiger partial charge on any atom is 0.144 e. The van der Waals surface area contributed by atoms with Gasteiger partial charge < -0.3 is 13.7 Å². The molecule has 0 unspecified atom stereocenters. The Balaban J connectivity index is 1.07. The number of furan rings is 2. The zero-order valence-electron chi connectivity index (χ0n) is 34.8. The number of hydrogen-bond donors (Lipinski definition) is 0. The molecule has 3 heteroatoms. The molecule has 0 atom stereocenters. The van der Waals surface area contributed by atoms with Gasteiger partial charge in [-0.3, -0.25) is 0 Å². The van der Waals surface area contributed by atoms with E-state index in [9.17, 15) is 0 Å². The fourth-order valence-corrected chi connectivity index (χ4v) is 10.6. The average molecular weight is 818 g/mol. The van der Waals surface area contributed by atoms with Crippen LogP contribution in [0.25, 0.3) is 77.3 Å². The first kappa shape index (κ1) is 36.3. The van der Waals surface area contributed by atoms with E-state index in [1.807, 2.05) is 12.1 Å². The Hall–Kier alpha value is -8.40. The highest BCUT2D eigenvalue weighted by Crippen LogP contribution is 2.57. The highest BCUT2D eigenvalue weighted by atomic mass is 16.3. The molecule has 0 radical (unpaired) electrons. The molecule has 2 heterocycles. The molecular formula is C61H39NO2. The Morgan fingerprint density at radius 1 is 0.328 bits per heavy atom. The zero-order valence-corrected chi connectivity index (χ0v) is 34.8. The number of para-hydroxylation sites is 1. The van der Waals surface area contributed by atoms with Gasteiger partial charge in [0.1, 0.15) is 22.3 Å². The molecule has 1 aliphatic rings. The van der Waals surface area contributed by atoms with E-state index in [0.717, 1.165) is 72.1 Å². The second kappa shape index (κ2) is 14.3. The van der Waals surface area contributed by atoms with Crippen LogP contribution in [0.5, 0.6) is 0 Å². The van der Waals surface area contributed by atoms with Crippen molar-refractivity contribution in [3.05, 3.63) is 259 Å². The number of nitrogens with zero attached hydrogens (tertiary/aromatic N) is 1. The quantitative estimate of drug-likeness (QED) is 0.160. The van der Waals surface area contributed by atoms with E-state index >= 15 is 0 Å². The molecule has 64 heavy (non-hydrogen) atoms. The summed E-state index contributed by atoms with van der Waals surface area (Å²) in [5.41, 5.74) is 18.0. The topological polar surface area (TPSA) is 29.5 Å². The van der Waals surface area contributed by atoms with E-state index < -0.39 is 5.41 Å². The van der Waals surface area contributed by atoms with Gasteiger partial charge in [0.05, 0.1) is 5.41 Å². The molecule has 0 bridgehead atoms. The van der Waals surface area contributed by atoms with Crippen LogP contribution in [0.15, 0.2) is 245 Å². The predicted octanol–water partition coefficient (Wildman–Crippen LogP) is 16.7. The first-order valence-electron chi connectivity index (χ1n) is 21.9. The van der Waals surface area contributed by atoms with E-state index in [2.05, 4.69) is 229 Å². The lowest BCUT2D eigenvalue weighted by Crippen LogP contribution is -2.28. The lowest BCUT2D eigenvalue weighted by molar-refractivity contribution is 0.664. The summed E-state index contributed by atoms with van der Waals surface area (Å²) in [5.74, 6) is 0. The molecule has 0 spiro atoms. The van der Waals surface area contributed by atoms with Crippen molar-refractivity contribution in [3.63, 3.8) is 0 Å².